The van der Waals surface area contributed by atoms with Crippen molar-refractivity contribution in [3.8, 4) is 0 Å². The first kappa shape index (κ1) is 34.3. The Labute approximate surface area is 251 Å². The van der Waals surface area contributed by atoms with Gasteiger partial charge in [-0.1, -0.05) is 62.1 Å². The summed E-state index contributed by atoms with van der Waals surface area (Å²) < 4.78 is 0. The first-order valence-electron chi connectivity index (χ1n) is 15.2. The van der Waals surface area contributed by atoms with Gasteiger partial charge in [0.25, 0.3) is 5.91 Å². The van der Waals surface area contributed by atoms with Gasteiger partial charge in [-0.15, -0.1) is 0 Å². The Hall–Kier alpha value is -3.91. The minimum atomic E-state index is -0.275. The molecule has 0 spiro atoms. The maximum atomic E-state index is 12.3. The van der Waals surface area contributed by atoms with Crippen LogP contribution in [0.3, 0.4) is 0 Å². The molecule has 1 heterocycles. The Kier molecular flexibility index (Phi) is 16.4. The molecule has 2 aromatic rings. The average Bonchev–Trinajstić information content (AvgIpc) is 3.01. The van der Waals surface area contributed by atoms with Crippen molar-refractivity contribution in [2.24, 2.45) is 5.73 Å². The van der Waals surface area contributed by atoms with Gasteiger partial charge in [0.05, 0.1) is 0 Å². The van der Waals surface area contributed by atoms with Gasteiger partial charge >= 0.3 is 0 Å². The van der Waals surface area contributed by atoms with E-state index in [1.807, 2.05) is 25.1 Å². The van der Waals surface area contributed by atoms with E-state index in [9.17, 15) is 9.59 Å². The number of allylic oxidation sites excluding steroid dienone is 5. The molecule has 0 unspecified atom stereocenters. The zero-order chi connectivity index (χ0) is 30.6. The lowest BCUT2D eigenvalue weighted by Crippen LogP contribution is -2.27. The molecule has 8 heteroatoms. The zero-order valence-corrected chi connectivity index (χ0v) is 25.4. The van der Waals surface area contributed by atoms with Crippen LogP contribution in [0, 0.1) is 0 Å². The normalized spacial score (nSPS) is 14.1. The number of aldehydes is 1. The summed E-state index contributed by atoms with van der Waals surface area (Å²) in [6.07, 6.45) is 25.1. The Morgan fingerprint density at radius 2 is 1.74 bits per heavy atom. The topological polar surface area (TPSA) is 149 Å². The standard InChI is InChI=1S/C27H35N5O2.C7H15N/c1-2-3-12-24(28)32-27(34)21-15-13-20(14-16-21)18-23-25(29)22(19-31-26(23)30)11-9-7-5-4-6-8-10-17-33;1-8-7-5-3-2-4-6-7/h2-3,7,9,12-17,19H,4-6,8,10-11,18,28H2,1H3,(H,32,34)(H4,29,30,31);7-8H,2-6H2,1H3/b3-2-,9-7+,24-12+;. The lowest BCUT2D eigenvalue weighted by atomic mass is 9.96. The molecule has 1 saturated carbocycles. The van der Waals surface area contributed by atoms with Crippen LogP contribution in [0.4, 0.5) is 11.5 Å². The van der Waals surface area contributed by atoms with Gasteiger partial charge in [0, 0.05) is 41.9 Å². The fraction of sp³-hybridized carbons (Fsp3) is 0.441. The van der Waals surface area contributed by atoms with Crippen LogP contribution in [0.15, 0.2) is 66.7 Å². The first-order chi connectivity index (χ1) is 20.4. The highest BCUT2D eigenvalue weighted by Gasteiger charge is 2.12. The number of nitrogen functional groups attached to an aromatic ring is 2. The van der Waals surface area contributed by atoms with Crippen molar-refractivity contribution in [3.05, 3.63) is 88.9 Å². The van der Waals surface area contributed by atoms with Crippen LogP contribution in [-0.2, 0) is 17.6 Å². The highest BCUT2D eigenvalue weighted by molar-refractivity contribution is 5.95. The number of nitrogens with two attached hydrogens (primary N) is 3. The van der Waals surface area contributed by atoms with Crippen molar-refractivity contribution in [1.82, 2.24) is 15.6 Å². The van der Waals surface area contributed by atoms with E-state index in [2.05, 4.69) is 34.8 Å². The Bertz CT molecular complexity index is 1180. The van der Waals surface area contributed by atoms with Crippen LogP contribution < -0.4 is 27.8 Å². The van der Waals surface area contributed by atoms with Crippen molar-refractivity contribution in [2.45, 2.75) is 90.0 Å². The molecule has 8 nitrogen and oxygen atoms in total. The van der Waals surface area contributed by atoms with Crippen LogP contribution >= 0.6 is 0 Å². The molecule has 1 aromatic carbocycles. The molecule has 0 radical (unpaired) electrons. The molecule has 0 saturated heterocycles. The summed E-state index contributed by atoms with van der Waals surface area (Å²) in [4.78, 5) is 27.0. The highest BCUT2D eigenvalue weighted by atomic mass is 16.1. The quantitative estimate of drug-likeness (QED) is 0.0837. The second-order valence-electron chi connectivity index (χ2n) is 10.6. The number of hydrogen-bond acceptors (Lipinski definition) is 7. The van der Waals surface area contributed by atoms with Crippen LogP contribution in [0.2, 0.25) is 0 Å². The summed E-state index contributed by atoms with van der Waals surface area (Å²) in [5.41, 5.74) is 22.2. The number of nitrogens with one attached hydrogen (secondary N) is 2. The third kappa shape index (κ3) is 12.7. The summed E-state index contributed by atoms with van der Waals surface area (Å²) >= 11 is 0. The fourth-order valence-electron chi connectivity index (χ4n) is 4.78. The fourth-order valence-corrected chi connectivity index (χ4v) is 4.78. The molecule has 1 amide bonds. The number of rotatable bonds is 14. The lowest BCUT2D eigenvalue weighted by Gasteiger charge is -2.20. The van der Waals surface area contributed by atoms with Gasteiger partial charge in [-0.3, -0.25) is 4.79 Å². The van der Waals surface area contributed by atoms with Gasteiger partial charge in [0.2, 0.25) is 0 Å². The van der Waals surface area contributed by atoms with Crippen molar-refractivity contribution in [2.75, 3.05) is 18.5 Å². The molecule has 0 atom stereocenters. The SMILES string of the molecule is C/C=C\C=C(/N)NC(=O)c1ccc(Cc2c(N)ncc(C/C=C/CCCCCC=O)c2N)cc1.CNC1CCCCC1. The van der Waals surface area contributed by atoms with Crippen molar-refractivity contribution in [1.29, 1.82) is 0 Å². The second kappa shape index (κ2) is 20.0. The second-order valence-corrected chi connectivity index (χ2v) is 10.6. The first-order valence-corrected chi connectivity index (χ1v) is 15.2. The van der Waals surface area contributed by atoms with E-state index in [1.165, 1.54) is 32.1 Å². The van der Waals surface area contributed by atoms with Gasteiger partial charge in [-0.2, -0.15) is 0 Å². The van der Waals surface area contributed by atoms with Crippen LogP contribution in [-0.4, -0.2) is 30.3 Å². The molecular weight excluding hydrogens is 524 g/mol. The maximum absolute atomic E-state index is 12.3. The molecule has 0 aliphatic heterocycles. The summed E-state index contributed by atoms with van der Waals surface area (Å²) in [5, 5.41) is 5.95. The molecule has 1 fully saturated rings. The van der Waals surface area contributed by atoms with Crippen LogP contribution in [0.25, 0.3) is 0 Å². The van der Waals surface area contributed by atoms with E-state index in [4.69, 9.17) is 17.2 Å². The smallest absolute Gasteiger partial charge is 0.256 e. The number of aromatic nitrogens is 1. The molecular formula is C34H50N6O2. The molecule has 228 valence electrons. The number of carbonyl (C=O) groups excluding carboxylic acids is 2. The Morgan fingerprint density at radius 3 is 2.38 bits per heavy atom. The highest BCUT2D eigenvalue weighted by Crippen LogP contribution is 2.25. The minimum absolute atomic E-state index is 0.275. The molecule has 1 aliphatic carbocycles. The van der Waals surface area contributed by atoms with E-state index < -0.39 is 0 Å². The van der Waals surface area contributed by atoms with Crippen molar-refractivity contribution >= 4 is 23.7 Å². The predicted octanol–water partition coefficient (Wildman–Crippen LogP) is 5.73. The third-order valence-corrected chi connectivity index (χ3v) is 7.37. The van der Waals surface area contributed by atoms with Gasteiger partial charge in [0.1, 0.15) is 17.9 Å². The number of unbranched alkanes of at least 4 members (excludes halogenated alkanes) is 4. The van der Waals surface area contributed by atoms with E-state index in [0.29, 0.717) is 36.3 Å². The molecule has 42 heavy (non-hydrogen) atoms. The van der Waals surface area contributed by atoms with Crippen molar-refractivity contribution < 1.29 is 9.59 Å². The summed E-state index contributed by atoms with van der Waals surface area (Å²) in [6, 6.07) is 8.07. The molecule has 1 aliphatic rings. The van der Waals surface area contributed by atoms with E-state index >= 15 is 0 Å². The summed E-state index contributed by atoms with van der Waals surface area (Å²) in [5.74, 6) is 0.412. The Balaban J connectivity index is 0.000000661. The summed E-state index contributed by atoms with van der Waals surface area (Å²) in [6.45, 7) is 1.87. The summed E-state index contributed by atoms with van der Waals surface area (Å²) in [7, 11) is 2.07. The number of nitrogens with zero attached hydrogens (tertiary/aromatic N) is 1. The monoisotopic (exact) mass is 574 g/mol. The largest absolute Gasteiger partial charge is 0.398 e. The zero-order valence-electron chi connectivity index (χ0n) is 25.4. The number of anilines is 2. The van der Waals surface area contributed by atoms with Gasteiger partial charge in [-0.25, -0.2) is 4.98 Å². The van der Waals surface area contributed by atoms with Crippen LogP contribution in [0.5, 0.6) is 0 Å². The molecule has 3 rings (SSSR count). The van der Waals surface area contributed by atoms with E-state index in [1.54, 1.807) is 30.5 Å². The van der Waals surface area contributed by atoms with Crippen molar-refractivity contribution in [3.63, 3.8) is 0 Å². The Morgan fingerprint density at radius 1 is 1.02 bits per heavy atom. The third-order valence-electron chi connectivity index (χ3n) is 7.37. The maximum Gasteiger partial charge on any atom is 0.256 e. The van der Waals surface area contributed by atoms with Crippen LogP contribution in [0.1, 0.15) is 98.2 Å². The number of hydrogen-bond donors (Lipinski definition) is 5. The average molecular weight is 575 g/mol. The minimum Gasteiger partial charge on any atom is -0.398 e. The molecule has 8 N–H and O–H groups in total. The van der Waals surface area contributed by atoms with Gasteiger partial charge in [0.15, 0.2) is 0 Å². The van der Waals surface area contributed by atoms with E-state index in [0.717, 1.165) is 54.7 Å². The van der Waals surface area contributed by atoms with E-state index in [-0.39, 0.29) is 11.7 Å². The number of amides is 1. The molecule has 1 aromatic heterocycles. The lowest BCUT2D eigenvalue weighted by molar-refractivity contribution is -0.107. The molecule has 0 bridgehead atoms. The number of carbonyl (C=O) groups is 2. The predicted molar refractivity (Wildman–Crippen MR) is 175 cm³/mol. The van der Waals surface area contributed by atoms with Gasteiger partial charge in [-0.05, 0) is 81.8 Å². The van der Waals surface area contributed by atoms with Gasteiger partial charge < -0.3 is 32.6 Å². The number of benzene rings is 1. The number of pyridine rings is 1.